The minimum absolute atomic E-state index is 0.278. The first kappa shape index (κ1) is 17.0. The van der Waals surface area contributed by atoms with Crippen molar-refractivity contribution in [3.05, 3.63) is 59.2 Å². The maximum atomic E-state index is 12.5. The van der Waals surface area contributed by atoms with Crippen LogP contribution in [0.1, 0.15) is 41.3 Å². The van der Waals surface area contributed by atoms with Crippen LogP contribution in [-0.4, -0.2) is 17.9 Å². The van der Waals surface area contributed by atoms with Crippen molar-refractivity contribution in [3.63, 3.8) is 0 Å². The number of fused-ring (bicyclic) bond motifs is 1. The summed E-state index contributed by atoms with van der Waals surface area (Å²) in [6.07, 6.45) is 3.68. The van der Waals surface area contributed by atoms with Crippen LogP contribution in [0.4, 0.5) is 5.69 Å². The third kappa shape index (κ3) is 3.82. The number of aryl methyl sites for hydroxylation is 1. The Balaban J connectivity index is 1.73. The van der Waals surface area contributed by atoms with Crippen molar-refractivity contribution in [2.45, 2.75) is 38.7 Å². The number of ether oxygens (including phenoxy) is 1. The van der Waals surface area contributed by atoms with Crippen LogP contribution in [0.5, 0.6) is 5.75 Å². The van der Waals surface area contributed by atoms with Crippen LogP contribution >= 0.6 is 0 Å². The number of rotatable bonds is 5. The Labute approximate surface area is 147 Å². The Kier molecular flexibility index (Phi) is 5.03. The largest absolute Gasteiger partial charge is 0.481 e. The van der Waals surface area contributed by atoms with Crippen LogP contribution in [0.2, 0.25) is 0 Å². The molecule has 2 amide bonds. The lowest BCUT2D eigenvalue weighted by Crippen LogP contribution is -2.31. The molecule has 5 heteroatoms. The molecule has 3 N–H and O–H groups in total. The van der Waals surface area contributed by atoms with Crippen LogP contribution in [0, 0.1) is 0 Å². The molecule has 2 aromatic carbocycles. The van der Waals surface area contributed by atoms with Gasteiger partial charge in [0.2, 0.25) is 0 Å². The van der Waals surface area contributed by atoms with E-state index in [1.165, 1.54) is 17.5 Å². The summed E-state index contributed by atoms with van der Waals surface area (Å²) >= 11 is 0. The van der Waals surface area contributed by atoms with Gasteiger partial charge in [0, 0.05) is 0 Å². The number of nitrogens with two attached hydrogens (primary N) is 1. The molecule has 1 aliphatic carbocycles. The summed E-state index contributed by atoms with van der Waals surface area (Å²) in [6.45, 7) is 1.70. The number of anilines is 1. The van der Waals surface area contributed by atoms with Crippen LogP contribution in [0.3, 0.4) is 0 Å². The fourth-order valence-corrected chi connectivity index (χ4v) is 3.14. The highest BCUT2D eigenvalue weighted by Gasteiger charge is 2.20. The average Bonchev–Trinajstić information content (AvgIpc) is 2.62. The Bertz CT molecular complexity index is 801. The first-order valence-electron chi connectivity index (χ1n) is 8.53. The van der Waals surface area contributed by atoms with E-state index in [2.05, 4.69) is 11.4 Å². The number of primary amides is 1. The van der Waals surface area contributed by atoms with E-state index in [-0.39, 0.29) is 11.5 Å². The van der Waals surface area contributed by atoms with Crippen LogP contribution < -0.4 is 15.8 Å². The predicted octanol–water partition coefficient (Wildman–Crippen LogP) is 3.07. The first-order valence-corrected chi connectivity index (χ1v) is 8.53. The van der Waals surface area contributed by atoms with E-state index in [0.29, 0.717) is 5.69 Å². The lowest BCUT2D eigenvalue weighted by Gasteiger charge is -2.22. The number of hydrogen-bond donors (Lipinski definition) is 2. The monoisotopic (exact) mass is 338 g/mol. The van der Waals surface area contributed by atoms with Crippen molar-refractivity contribution < 1.29 is 14.3 Å². The highest BCUT2D eigenvalue weighted by molar-refractivity contribution is 6.03. The minimum Gasteiger partial charge on any atom is -0.481 e. The van der Waals surface area contributed by atoms with E-state index in [1.54, 1.807) is 31.2 Å². The summed E-state index contributed by atoms with van der Waals surface area (Å²) in [5.74, 6) is -0.133. The van der Waals surface area contributed by atoms with Gasteiger partial charge in [0.1, 0.15) is 5.75 Å². The topological polar surface area (TPSA) is 81.4 Å². The van der Waals surface area contributed by atoms with Gasteiger partial charge in [0.05, 0.1) is 11.3 Å². The Morgan fingerprint density at radius 3 is 2.64 bits per heavy atom. The highest BCUT2D eigenvalue weighted by atomic mass is 16.5. The maximum absolute atomic E-state index is 12.5. The molecule has 1 unspecified atom stereocenters. The first-order chi connectivity index (χ1) is 12.1. The SMILES string of the molecule is CC(Oc1cccc2c1CCCC2)C(=O)Nc1ccccc1C(N)=O. The van der Waals surface area contributed by atoms with Crippen molar-refractivity contribution >= 4 is 17.5 Å². The molecule has 1 atom stereocenters. The van der Waals surface area contributed by atoms with Crippen molar-refractivity contribution in [3.8, 4) is 5.75 Å². The maximum Gasteiger partial charge on any atom is 0.265 e. The normalized spacial score (nSPS) is 14.3. The smallest absolute Gasteiger partial charge is 0.265 e. The molecule has 130 valence electrons. The lowest BCUT2D eigenvalue weighted by atomic mass is 9.91. The Morgan fingerprint density at radius 1 is 1.08 bits per heavy atom. The number of amides is 2. The third-order valence-corrected chi connectivity index (χ3v) is 4.48. The molecular formula is C20H22N2O3. The van der Waals surface area contributed by atoms with Gasteiger partial charge < -0.3 is 15.8 Å². The number of benzene rings is 2. The second-order valence-electron chi connectivity index (χ2n) is 6.26. The number of carbonyl (C=O) groups excluding carboxylic acids is 2. The number of hydrogen-bond acceptors (Lipinski definition) is 3. The van der Waals surface area contributed by atoms with Gasteiger partial charge in [0.15, 0.2) is 6.10 Å². The van der Waals surface area contributed by atoms with Crippen LogP contribution in [-0.2, 0) is 17.6 Å². The molecule has 1 aliphatic rings. The zero-order valence-corrected chi connectivity index (χ0v) is 14.2. The van der Waals surface area contributed by atoms with Gasteiger partial charge >= 0.3 is 0 Å². The van der Waals surface area contributed by atoms with E-state index in [9.17, 15) is 9.59 Å². The van der Waals surface area contributed by atoms with Gasteiger partial charge in [-0.15, -0.1) is 0 Å². The number of carbonyl (C=O) groups is 2. The summed E-state index contributed by atoms with van der Waals surface area (Å²) in [7, 11) is 0. The summed E-state index contributed by atoms with van der Waals surface area (Å²) in [5, 5.41) is 2.73. The van der Waals surface area contributed by atoms with Gasteiger partial charge in [-0.3, -0.25) is 9.59 Å². The molecule has 0 heterocycles. The molecule has 0 spiro atoms. The fourth-order valence-electron chi connectivity index (χ4n) is 3.14. The fraction of sp³-hybridized carbons (Fsp3) is 0.300. The molecule has 2 aromatic rings. The van der Waals surface area contributed by atoms with E-state index in [0.717, 1.165) is 25.0 Å². The molecule has 0 saturated carbocycles. The van der Waals surface area contributed by atoms with Gasteiger partial charge in [-0.1, -0.05) is 24.3 Å². The van der Waals surface area contributed by atoms with Gasteiger partial charge in [-0.2, -0.15) is 0 Å². The quantitative estimate of drug-likeness (QED) is 0.879. The van der Waals surface area contributed by atoms with Crippen molar-refractivity contribution in [2.75, 3.05) is 5.32 Å². The average molecular weight is 338 g/mol. The summed E-state index contributed by atoms with van der Waals surface area (Å²) < 4.78 is 5.92. The van der Waals surface area contributed by atoms with Crippen molar-refractivity contribution in [2.24, 2.45) is 5.73 Å². The molecular weight excluding hydrogens is 316 g/mol. The standard InChI is InChI=1S/C20H22N2O3/c1-13(20(24)22-17-11-5-4-10-16(17)19(21)23)25-18-12-6-8-14-7-2-3-9-15(14)18/h4-6,8,10-13H,2-3,7,9H2,1H3,(H2,21,23)(H,22,24). The van der Waals surface area contributed by atoms with Gasteiger partial charge in [-0.25, -0.2) is 0 Å². The zero-order valence-electron chi connectivity index (χ0n) is 14.2. The van der Waals surface area contributed by atoms with Gasteiger partial charge in [0.25, 0.3) is 11.8 Å². The van der Waals surface area contributed by atoms with E-state index < -0.39 is 12.0 Å². The lowest BCUT2D eigenvalue weighted by molar-refractivity contribution is -0.122. The molecule has 0 radical (unpaired) electrons. The van der Waals surface area contributed by atoms with E-state index in [4.69, 9.17) is 10.5 Å². The van der Waals surface area contributed by atoms with Gasteiger partial charge in [-0.05, 0) is 61.9 Å². The molecule has 0 bridgehead atoms. The van der Waals surface area contributed by atoms with Crippen molar-refractivity contribution in [1.29, 1.82) is 0 Å². The summed E-state index contributed by atoms with van der Waals surface area (Å²) in [5.41, 5.74) is 8.52. The van der Waals surface area contributed by atoms with E-state index in [1.807, 2.05) is 12.1 Å². The molecule has 0 saturated heterocycles. The second-order valence-corrected chi connectivity index (χ2v) is 6.26. The second kappa shape index (κ2) is 7.38. The molecule has 5 nitrogen and oxygen atoms in total. The molecule has 0 aromatic heterocycles. The molecule has 0 fully saturated rings. The number of para-hydroxylation sites is 1. The summed E-state index contributed by atoms with van der Waals surface area (Å²) in [6, 6.07) is 12.7. The van der Waals surface area contributed by atoms with Crippen LogP contribution in [0.15, 0.2) is 42.5 Å². The molecule has 3 rings (SSSR count). The molecule has 25 heavy (non-hydrogen) atoms. The number of nitrogens with one attached hydrogen (secondary N) is 1. The zero-order chi connectivity index (χ0) is 17.8. The Morgan fingerprint density at radius 2 is 1.84 bits per heavy atom. The Hall–Kier alpha value is -2.82. The van der Waals surface area contributed by atoms with Crippen LogP contribution in [0.25, 0.3) is 0 Å². The highest BCUT2D eigenvalue weighted by Crippen LogP contribution is 2.30. The van der Waals surface area contributed by atoms with Crippen molar-refractivity contribution in [1.82, 2.24) is 0 Å². The van der Waals surface area contributed by atoms with E-state index >= 15 is 0 Å². The predicted molar refractivity (Wildman–Crippen MR) is 96.8 cm³/mol. The third-order valence-electron chi connectivity index (χ3n) is 4.48. The minimum atomic E-state index is -0.686. The molecule has 0 aliphatic heterocycles. The summed E-state index contributed by atoms with van der Waals surface area (Å²) in [4.78, 5) is 23.9.